The van der Waals surface area contributed by atoms with Gasteiger partial charge in [-0.1, -0.05) is 18.2 Å². The minimum atomic E-state index is -0.940. The maximum absolute atomic E-state index is 13.6. The van der Waals surface area contributed by atoms with Crippen molar-refractivity contribution in [3.05, 3.63) is 83.4 Å². The molecule has 3 aromatic carbocycles. The summed E-state index contributed by atoms with van der Waals surface area (Å²) >= 11 is 0. The van der Waals surface area contributed by atoms with Gasteiger partial charge in [0.1, 0.15) is 35.2 Å². The summed E-state index contributed by atoms with van der Waals surface area (Å²) in [6.45, 7) is 7.05. The van der Waals surface area contributed by atoms with Crippen molar-refractivity contribution in [1.82, 2.24) is 0 Å². The van der Waals surface area contributed by atoms with Crippen molar-refractivity contribution >= 4 is 16.9 Å². The van der Waals surface area contributed by atoms with Gasteiger partial charge in [0, 0.05) is 29.7 Å². The molecule has 0 amide bonds. The molecule has 7 heteroatoms. The van der Waals surface area contributed by atoms with Crippen LogP contribution < -0.4 is 14.4 Å². The summed E-state index contributed by atoms with van der Waals surface area (Å²) < 4.78 is 32.0. The van der Waals surface area contributed by atoms with Gasteiger partial charge < -0.3 is 23.9 Å². The van der Waals surface area contributed by atoms with Gasteiger partial charge in [0.2, 0.25) is 0 Å². The lowest BCUT2D eigenvalue weighted by atomic mass is 9.89. The van der Waals surface area contributed by atoms with Gasteiger partial charge in [-0.2, -0.15) is 0 Å². The first kappa shape index (κ1) is 27.3. The molecule has 2 unspecified atom stereocenters. The lowest BCUT2D eigenvalue weighted by molar-refractivity contribution is -0.927. The van der Waals surface area contributed by atoms with Gasteiger partial charge >= 0.3 is 5.97 Å². The Kier molecular flexibility index (Phi) is 7.71. The van der Waals surface area contributed by atoms with Crippen molar-refractivity contribution < 1.29 is 33.1 Å². The summed E-state index contributed by atoms with van der Waals surface area (Å²) in [5.41, 5.74) is 3.83. The zero-order valence-corrected chi connectivity index (χ0v) is 23.6. The zero-order chi connectivity index (χ0) is 28.5. The quantitative estimate of drug-likeness (QED) is 0.244. The predicted octanol–water partition coefficient (Wildman–Crippen LogP) is 6.16. The van der Waals surface area contributed by atoms with Gasteiger partial charge in [-0.25, -0.2) is 9.18 Å². The van der Waals surface area contributed by atoms with Gasteiger partial charge in [-0.05, 0) is 80.6 Å². The highest BCUT2D eigenvalue weighted by Gasteiger charge is 2.47. The van der Waals surface area contributed by atoms with Crippen molar-refractivity contribution in [2.24, 2.45) is 11.8 Å². The van der Waals surface area contributed by atoms with E-state index >= 15 is 0 Å². The van der Waals surface area contributed by atoms with E-state index in [9.17, 15) is 14.3 Å². The summed E-state index contributed by atoms with van der Waals surface area (Å²) in [7, 11) is 0. The number of ether oxygens (including phenoxy) is 2. The number of likely N-dealkylation sites (tertiary alicyclic amines) is 1. The van der Waals surface area contributed by atoms with Gasteiger partial charge in [-0.15, -0.1) is 0 Å². The number of fused-ring (bicyclic) bond motifs is 2. The smallest absolute Gasteiger partial charge is 0.335 e. The van der Waals surface area contributed by atoms with Crippen molar-refractivity contribution in [3.63, 3.8) is 0 Å². The summed E-state index contributed by atoms with van der Waals surface area (Å²) in [6.07, 6.45) is 4.45. The molecule has 2 aliphatic rings. The average molecular weight is 559 g/mol. The van der Waals surface area contributed by atoms with Gasteiger partial charge in [-0.3, -0.25) is 0 Å². The Morgan fingerprint density at radius 3 is 2.39 bits per heavy atom. The first-order valence-electron chi connectivity index (χ1n) is 14.7. The fourth-order valence-electron chi connectivity index (χ4n) is 7.13. The summed E-state index contributed by atoms with van der Waals surface area (Å²) in [5.74, 6) is 2.49. The van der Waals surface area contributed by atoms with Crippen LogP contribution in [0.4, 0.5) is 4.39 Å². The van der Waals surface area contributed by atoms with Gasteiger partial charge in [0.05, 0.1) is 36.9 Å². The number of carbonyl (C=O) groups is 1. The maximum Gasteiger partial charge on any atom is 0.335 e. The first-order valence-corrected chi connectivity index (χ1v) is 14.7. The van der Waals surface area contributed by atoms with Gasteiger partial charge in [0.25, 0.3) is 0 Å². The molecule has 214 valence electrons. The monoisotopic (exact) mass is 558 g/mol. The second-order valence-electron chi connectivity index (χ2n) is 11.3. The Hall–Kier alpha value is -3.84. The van der Waals surface area contributed by atoms with Crippen LogP contribution >= 0.6 is 0 Å². The van der Waals surface area contributed by atoms with E-state index in [1.807, 2.05) is 19.9 Å². The van der Waals surface area contributed by atoms with E-state index in [0.29, 0.717) is 36.7 Å². The van der Waals surface area contributed by atoms with E-state index in [-0.39, 0.29) is 11.4 Å². The van der Waals surface area contributed by atoms with Gasteiger partial charge in [0.15, 0.2) is 0 Å². The fourth-order valence-corrected chi connectivity index (χ4v) is 7.13. The molecule has 6 rings (SSSR count). The largest absolute Gasteiger partial charge is 0.493 e. The molecule has 41 heavy (non-hydrogen) atoms. The minimum absolute atomic E-state index is 0.250. The molecule has 2 N–H and O–H groups in total. The Labute approximate surface area is 239 Å². The number of benzene rings is 3. The number of hydrogen-bond acceptors (Lipinski definition) is 4. The van der Waals surface area contributed by atoms with E-state index in [0.717, 1.165) is 53.3 Å². The molecule has 1 aromatic heterocycles. The molecule has 1 saturated carbocycles. The Morgan fingerprint density at radius 2 is 1.71 bits per heavy atom. The summed E-state index contributed by atoms with van der Waals surface area (Å²) in [5, 5.41) is 10.3. The molecule has 0 spiro atoms. The van der Waals surface area contributed by atoms with Crippen molar-refractivity contribution in [1.29, 1.82) is 0 Å². The van der Waals surface area contributed by atoms with E-state index in [1.165, 1.54) is 37.0 Å². The third kappa shape index (κ3) is 5.55. The number of carboxylic acid groups (broad SMARTS) is 1. The fraction of sp³-hybridized carbons (Fsp3) is 0.382. The molecular formula is C34H37FNO5+. The third-order valence-corrected chi connectivity index (χ3v) is 8.86. The van der Waals surface area contributed by atoms with Crippen LogP contribution in [0.2, 0.25) is 0 Å². The predicted molar refractivity (Wildman–Crippen MR) is 155 cm³/mol. The summed E-state index contributed by atoms with van der Waals surface area (Å²) in [6, 6.07) is 18.5. The Morgan fingerprint density at radius 1 is 0.976 bits per heavy atom. The number of furan rings is 1. The van der Waals surface area contributed by atoms with Crippen LogP contribution in [0.3, 0.4) is 0 Å². The van der Waals surface area contributed by atoms with E-state index in [4.69, 9.17) is 13.9 Å². The van der Waals surface area contributed by atoms with Crippen LogP contribution in [0, 0.1) is 17.7 Å². The van der Waals surface area contributed by atoms with Crippen molar-refractivity contribution in [2.45, 2.75) is 52.1 Å². The second kappa shape index (κ2) is 11.6. The average Bonchev–Trinajstić information content (AvgIpc) is 3.66. The summed E-state index contributed by atoms with van der Waals surface area (Å²) in [4.78, 5) is 12.9. The number of carboxylic acids is 1. The minimum Gasteiger partial charge on any atom is -0.493 e. The van der Waals surface area contributed by atoms with E-state index in [2.05, 4.69) is 18.2 Å². The van der Waals surface area contributed by atoms with Crippen LogP contribution in [-0.2, 0) is 13.0 Å². The van der Waals surface area contributed by atoms with E-state index < -0.39 is 5.97 Å². The van der Waals surface area contributed by atoms with Crippen molar-refractivity contribution in [3.8, 4) is 22.6 Å². The molecule has 0 radical (unpaired) electrons. The number of rotatable bonds is 10. The lowest BCUT2D eigenvalue weighted by Gasteiger charge is -2.23. The molecule has 0 bridgehead atoms. The third-order valence-electron chi connectivity index (χ3n) is 8.86. The molecule has 4 atom stereocenters. The number of hydrogen-bond donors (Lipinski definition) is 2. The molecule has 1 aliphatic heterocycles. The second-order valence-corrected chi connectivity index (χ2v) is 11.3. The maximum atomic E-state index is 13.6. The number of halogens is 1. The highest BCUT2D eigenvalue weighted by atomic mass is 19.1. The van der Waals surface area contributed by atoms with Crippen molar-refractivity contribution in [2.75, 3.05) is 19.8 Å². The molecule has 1 saturated heterocycles. The van der Waals surface area contributed by atoms with Crippen LogP contribution in [-0.4, -0.2) is 36.9 Å². The molecule has 6 nitrogen and oxygen atoms in total. The Bertz CT molecular complexity index is 1520. The normalized spacial score (nSPS) is 21.7. The molecule has 1 aliphatic carbocycles. The molecular weight excluding hydrogens is 521 g/mol. The van der Waals surface area contributed by atoms with Crippen LogP contribution in [0.15, 0.2) is 65.1 Å². The zero-order valence-electron chi connectivity index (χ0n) is 23.6. The first-order chi connectivity index (χ1) is 19.9. The standard InChI is InChI=1S/C34H36FNO5/c1-3-39-31-15-21(16-32(40-4-2)33(31)22-7-10-26(35)11-8-22)20-36-14-13-28-23(9-12-29(28)36)17-27-18-24-5-6-25(34(37)38)19-30(24)41-27/h5-8,10-11,15-16,18-19,23,28-29H,3-4,9,12-14,17,20H2,1-2H3,(H,37,38)/p+1/t23?,28-,29+/m0/s1. The lowest BCUT2D eigenvalue weighted by Crippen LogP contribution is -3.12. The number of quaternary nitrogens is 1. The Balaban J connectivity index is 1.19. The molecule has 2 heterocycles. The highest BCUT2D eigenvalue weighted by Crippen LogP contribution is 2.41. The van der Waals surface area contributed by atoms with Crippen LogP contribution in [0.1, 0.15) is 54.8 Å². The van der Waals surface area contributed by atoms with Crippen LogP contribution in [0.25, 0.3) is 22.1 Å². The highest BCUT2D eigenvalue weighted by molar-refractivity contribution is 5.92. The molecule has 2 fully saturated rings. The number of aromatic carboxylic acids is 1. The topological polar surface area (TPSA) is 73.3 Å². The molecule has 4 aromatic rings. The van der Waals surface area contributed by atoms with Crippen LogP contribution in [0.5, 0.6) is 11.5 Å². The SMILES string of the molecule is CCOc1cc(C[NH+]2CC[C@H]3C(Cc4cc5ccc(C(=O)O)cc5o4)CC[C@H]32)cc(OCC)c1-c1ccc(F)cc1. The van der Waals surface area contributed by atoms with E-state index in [1.54, 1.807) is 29.2 Å². The number of nitrogens with one attached hydrogen (secondary N) is 1.